The molecular weight excluding hydrogens is 450 g/mol. The molecule has 1 amide bonds. The van der Waals surface area contributed by atoms with Gasteiger partial charge in [-0.3, -0.25) is 4.79 Å². The summed E-state index contributed by atoms with van der Waals surface area (Å²) in [7, 11) is 0. The van der Waals surface area contributed by atoms with Crippen LogP contribution in [0.15, 0.2) is 60.7 Å². The van der Waals surface area contributed by atoms with Gasteiger partial charge in [0.2, 0.25) is 6.79 Å². The Kier molecular flexibility index (Phi) is 6.39. The van der Waals surface area contributed by atoms with Crippen LogP contribution in [0.1, 0.15) is 45.5 Å². The van der Waals surface area contributed by atoms with Crippen LogP contribution in [0.2, 0.25) is 0 Å². The van der Waals surface area contributed by atoms with E-state index in [0.717, 1.165) is 22.3 Å². The van der Waals surface area contributed by atoms with Crippen molar-refractivity contribution >= 4 is 12.4 Å². The molecule has 180 valence electrons. The molecule has 2 aliphatic rings. The highest BCUT2D eigenvalue weighted by Crippen LogP contribution is 2.44. The number of hydrogen-bond acceptors (Lipinski definition) is 7. The molecular formula is C27H25NO7. The predicted octanol–water partition coefficient (Wildman–Crippen LogP) is 3.55. The van der Waals surface area contributed by atoms with Gasteiger partial charge in [-0.15, -0.1) is 0 Å². The molecule has 2 atom stereocenters. The van der Waals surface area contributed by atoms with Crippen molar-refractivity contribution in [3.05, 3.63) is 82.9 Å². The van der Waals surface area contributed by atoms with Crippen LogP contribution in [0.3, 0.4) is 0 Å². The van der Waals surface area contributed by atoms with E-state index in [-0.39, 0.29) is 43.4 Å². The van der Waals surface area contributed by atoms with Crippen molar-refractivity contribution < 1.29 is 34.0 Å². The first-order valence-electron chi connectivity index (χ1n) is 11.4. The van der Waals surface area contributed by atoms with Gasteiger partial charge in [-0.25, -0.2) is 4.79 Å². The Balaban J connectivity index is 1.15. The summed E-state index contributed by atoms with van der Waals surface area (Å²) in [6, 6.07) is 19.1. The largest absolute Gasteiger partial charge is 0.454 e. The van der Waals surface area contributed by atoms with Crippen LogP contribution >= 0.6 is 0 Å². The molecule has 0 saturated heterocycles. The Morgan fingerprint density at radius 3 is 2.31 bits per heavy atom. The number of aliphatic hydroxyl groups is 2. The summed E-state index contributed by atoms with van der Waals surface area (Å²) in [6.45, 7) is 0.292. The minimum Gasteiger partial charge on any atom is -0.454 e. The summed E-state index contributed by atoms with van der Waals surface area (Å²) in [4.78, 5) is 23.7. The molecule has 8 heteroatoms. The fourth-order valence-electron chi connectivity index (χ4n) is 4.67. The average Bonchev–Trinajstić information content (AvgIpc) is 3.48. The van der Waals surface area contributed by atoms with Gasteiger partial charge in [0.1, 0.15) is 12.7 Å². The number of amides is 1. The topological polar surface area (TPSA) is 114 Å². The van der Waals surface area contributed by atoms with E-state index in [1.54, 1.807) is 0 Å². The Morgan fingerprint density at radius 1 is 1.03 bits per heavy atom. The Morgan fingerprint density at radius 2 is 1.66 bits per heavy atom. The molecule has 1 aliphatic heterocycles. The summed E-state index contributed by atoms with van der Waals surface area (Å²) in [5.74, 6) is 0.761. The van der Waals surface area contributed by atoms with Gasteiger partial charge in [0, 0.05) is 18.0 Å². The molecule has 0 fully saturated rings. The number of ether oxygens (including phenoxy) is 3. The molecule has 35 heavy (non-hydrogen) atoms. The van der Waals surface area contributed by atoms with Crippen LogP contribution in [0.5, 0.6) is 11.5 Å². The van der Waals surface area contributed by atoms with Crippen LogP contribution in [-0.4, -0.2) is 48.6 Å². The molecule has 0 saturated carbocycles. The molecule has 1 heterocycles. The second-order valence-electron chi connectivity index (χ2n) is 8.51. The molecule has 5 rings (SSSR count). The monoisotopic (exact) mass is 475 g/mol. The van der Waals surface area contributed by atoms with E-state index in [2.05, 4.69) is 17.4 Å². The van der Waals surface area contributed by atoms with Crippen molar-refractivity contribution in [2.24, 2.45) is 0 Å². The van der Waals surface area contributed by atoms with Gasteiger partial charge in [-0.2, -0.15) is 0 Å². The molecule has 8 nitrogen and oxygen atoms in total. The van der Waals surface area contributed by atoms with E-state index in [1.165, 1.54) is 12.1 Å². The zero-order valence-corrected chi connectivity index (χ0v) is 18.8. The van der Waals surface area contributed by atoms with E-state index >= 15 is 0 Å². The van der Waals surface area contributed by atoms with Gasteiger partial charge >= 0.3 is 6.09 Å². The maximum absolute atomic E-state index is 12.3. The lowest BCUT2D eigenvalue weighted by Gasteiger charge is -2.20. The minimum absolute atomic E-state index is 0.0276. The van der Waals surface area contributed by atoms with E-state index in [1.807, 2.05) is 36.4 Å². The van der Waals surface area contributed by atoms with Crippen molar-refractivity contribution in [3.63, 3.8) is 0 Å². The zero-order valence-electron chi connectivity index (χ0n) is 18.8. The molecule has 0 radical (unpaired) electrons. The summed E-state index contributed by atoms with van der Waals surface area (Å²) < 4.78 is 16.0. The fraction of sp³-hybridized carbons (Fsp3) is 0.259. The summed E-state index contributed by atoms with van der Waals surface area (Å²) >= 11 is 0. The quantitative estimate of drug-likeness (QED) is 0.427. The van der Waals surface area contributed by atoms with Gasteiger partial charge in [0.25, 0.3) is 0 Å². The van der Waals surface area contributed by atoms with Crippen LogP contribution in [0, 0.1) is 0 Å². The van der Waals surface area contributed by atoms with E-state index in [0.29, 0.717) is 17.8 Å². The third-order valence-electron chi connectivity index (χ3n) is 6.44. The summed E-state index contributed by atoms with van der Waals surface area (Å²) in [5, 5.41) is 23.6. The smallest absolute Gasteiger partial charge is 0.407 e. The van der Waals surface area contributed by atoms with Gasteiger partial charge < -0.3 is 29.7 Å². The average molecular weight is 475 g/mol. The van der Waals surface area contributed by atoms with Crippen molar-refractivity contribution in [2.75, 3.05) is 19.9 Å². The SMILES string of the molecule is O=Cc1cc2c(cc1C(O)C(O)CCNC(=O)OCC1c3ccccc3-c3ccccc31)OCO2. The first-order chi connectivity index (χ1) is 17.1. The number of hydrogen-bond donors (Lipinski definition) is 3. The molecule has 1 aliphatic carbocycles. The highest BCUT2D eigenvalue weighted by molar-refractivity contribution is 5.80. The lowest BCUT2D eigenvalue weighted by Crippen LogP contribution is -2.31. The first kappa shape index (κ1) is 22.9. The lowest BCUT2D eigenvalue weighted by atomic mass is 9.97. The molecule has 0 spiro atoms. The Hall–Kier alpha value is -3.88. The standard InChI is InChI=1S/C27H25NO7/c29-13-16-11-24-25(35-15-34-24)12-21(16)26(31)23(30)9-10-28-27(32)33-14-22-19-7-3-1-5-17(19)18-6-2-4-8-20(18)22/h1-8,11-13,22-23,26,30-31H,9-10,14-15H2,(H,28,32). The number of fused-ring (bicyclic) bond motifs is 4. The maximum atomic E-state index is 12.3. The van der Waals surface area contributed by atoms with Crippen LogP contribution in [-0.2, 0) is 4.74 Å². The van der Waals surface area contributed by atoms with E-state index in [9.17, 15) is 19.8 Å². The highest BCUT2D eigenvalue weighted by atomic mass is 16.7. The van der Waals surface area contributed by atoms with Gasteiger partial charge in [0.05, 0.1) is 6.10 Å². The number of rotatable bonds is 8. The van der Waals surface area contributed by atoms with Crippen molar-refractivity contribution in [1.29, 1.82) is 0 Å². The number of carbonyl (C=O) groups is 2. The van der Waals surface area contributed by atoms with Crippen molar-refractivity contribution in [2.45, 2.75) is 24.5 Å². The Labute approximate surface area is 202 Å². The number of aldehydes is 1. The van der Waals surface area contributed by atoms with Crippen LogP contribution in [0.25, 0.3) is 11.1 Å². The van der Waals surface area contributed by atoms with Gasteiger partial charge in [-0.05, 0) is 46.4 Å². The van der Waals surface area contributed by atoms with Crippen molar-refractivity contribution in [3.8, 4) is 22.6 Å². The predicted molar refractivity (Wildman–Crippen MR) is 127 cm³/mol. The number of nitrogens with one attached hydrogen (secondary N) is 1. The normalized spacial score (nSPS) is 15.1. The Bertz CT molecular complexity index is 1210. The van der Waals surface area contributed by atoms with E-state index < -0.39 is 18.3 Å². The molecule has 2 unspecified atom stereocenters. The van der Waals surface area contributed by atoms with Crippen LogP contribution < -0.4 is 14.8 Å². The highest BCUT2D eigenvalue weighted by Gasteiger charge is 2.29. The van der Waals surface area contributed by atoms with Gasteiger partial charge in [0.15, 0.2) is 17.8 Å². The molecule has 3 aromatic rings. The van der Waals surface area contributed by atoms with Crippen LogP contribution in [0.4, 0.5) is 4.79 Å². The van der Waals surface area contributed by atoms with E-state index in [4.69, 9.17) is 14.2 Å². The summed E-state index contributed by atoms with van der Waals surface area (Å²) in [6.07, 6.45) is -2.53. The second kappa shape index (κ2) is 9.77. The van der Waals surface area contributed by atoms with Crippen molar-refractivity contribution in [1.82, 2.24) is 5.32 Å². The molecule has 0 aromatic heterocycles. The molecule has 3 aromatic carbocycles. The fourth-order valence-corrected chi connectivity index (χ4v) is 4.67. The number of carbonyl (C=O) groups excluding carboxylic acids is 2. The third kappa shape index (κ3) is 4.45. The molecule has 3 N–H and O–H groups in total. The number of alkyl carbamates (subject to hydrolysis) is 1. The maximum Gasteiger partial charge on any atom is 0.407 e. The first-order valence-corrected chi connectivity index (χ1v) is 11.4. The zero-order chi connectivity index (χ0) is 24.4. The third-order valence-corrected chi connectivity index (χ3v) is 6.44. The second-order valence-corrected chi connectivity index (χ2v) is 8.51. The van der Waals surface area contributed by atoms with Gasteiger partial charge in [-0.1, -0.05) is 48.5 Å². The summed E-state index contributed by atoms with van der Waals surface area (Å²) in [5.41, 5.74) is 4.97. The number of aliphatic hydroxyl groups excluding tert-OH is 2. The lowest BCUT2D eigenvalue weighted by molar-refractivity contribution is 0.0133. The minimum atomic E-state index is -1.34. The number of benzene rings is 3. The molecule has 0 bridgehead atoms.